The average molecular weight is 274 g/mol. The molecule has 1 aromatic carbocycles. The van der Waals surface area contributed by atoms with Crippen LogP contribution in [0.2, 0.25) is 0 Å². The maximum atomic E-state index is 11.8. The molecule has 0 radical (unpaired) electrons. The van der Waals surface area contributed by atoms with Crippen LogP contribution in [0.4, 0.5) is 0 Å². The molecular weight excluding hydrogens is 260 g/mol. The Hall–Kier alpha value is -2.70. The highest BCUT2D eigenvalue weighted by Crippen LogP contribution is 2.06. The highest BCUT2D eigenvalue weighted by atomic mass is 16.2. The zero-order chi connectivity index (χ0) is 14.5. The summed E-state index contributed by atoms with van der Waals surface area (Å²) in [6, 6.07) is 6.99. The molecule has 2 rings (SSSR count). The lowest BCUT2D eigenvalue weighted by Crippen LogP contribution is -2.40. The fraction of sp³-hybridized carbons (Fsp3) is 0.231. The number of para-hydroxylation sites is 1. The van der Waals surface area contributed by atoms with E-state index < -0.39 is 0 Å². The minimum Gasteiger partial charge on any atom is -0.310 e. The average Bonchev–Trinajstić information content (AvgIpc) is 2.43. The minimum absolute atomic E-state index is 0.113. The van der Waals surface area contributed by atoms with Crippen LogP contribution in [0.1, 0.15) is 19.2 Å². The monoisotopic (exact) mass is 274 g/mol. The molecule has 0 unspecified atom stereocenters. The van der Waals surface area contributed by atoms with Gasteiger partial charge in [0.1, 0.15) is 5.82 Å². The van der Waals surface area contributed by atoms with Crippen molar-refractivity contribution in [2.24, 2.45) is 0 Å². The summed E-state index contributed by atoms with van der Waals surface area (Å²) in [6.07, 6.45) is 0.396. The zero-order valence-corrected chi connectivity index (χ0v) is 10.9. The number of aromatic nitrogens is 2. The molecule has 0 fully saturated rings. The van der Waals surface area contributed by atoms with Crippen LogP contribution >= 0.6 is 0 Å². The number of carbonyl (C=O) groups excluding carboxylic acids is 2. The number of benzene rings is 1. The first-order chi connectivity index (χ1) is 9.56. The Bertz CT molecular complexity index is 708. The quantitative estimate of drug-likeness (QED) is 0.686. The topological polar surface area (TPSA) is 104 Å². The molecule has 0 bridgehead atoms. The number of aryl methyl sites for hydroxylation is 1. The van der Waals surface area contributed by atoms with Crippen LogP contribution in [0.5, 0.6) is 0 Å². The molecule has 7 nitrogen and oxygen atoms in total. The molecule has 1 heterocycles. The van der Waals surface area contributed by atoms with Crippen molar-refractivity contribution in [2.75, 3.05) is 0 Å². The largest absolute Gasteiger partial charge is 0.310 e. The van der Waals surface area contributed by atoms with Crippen LogP contribution in [0, 0.1) is 0 Å². The molecule has 20 heavy (non-hydrogen) atoms. The van der Waals surface area contributed by atoms with Gasteiger partial charge < -0.3 is 4.98 Å². The van der Waals surface area contributed by atoms with Gasteiger partial charge in [0.15, 0.2) is 0 Å². The van der Waals surface area contributed by atoms with Gasteiger partial charge in [0, 0.05) is 19.8 Å². The molecule has 3 N–H and O–H groups in total. The number of H-pyrrole nitrogens is 1. The molecule has 104 valence electrons. The molecule has 2 aromatic rings. The third kappa shape index (κ3) is 3.41. The van der Waals surface area contributed by atoms with Crippen LogP contribution < -0.4 is 16.4 Å². The Morgan fingerprint density at radius 2 is 2.00 bits per heavy atom. The molecule has 0 saturated heterocycles. The van der Waals surface area contributed by atoms with Crippen molar-refractivity contribution in [1.82, 2.24) is 20.8 Å². The summed E-state index contributed by atoms with van der Waals surface area (Å²) in [4.78, 5) is 40.8. The highest BCUT2D eigenvalue weighted by molar-refractivity contribution is 5.81. The number of nitrogens with zero attached hydrogens (tertiary/aromatic N) is 1. The van der Waals surface area contributed by atoms with Crippen molar-refractivity contribution in [3.8, 4) is 0 Å². The number of nitrogens with one attached hydrogen (secondary N) is 3. The molecule has 0 aliphatic carbocycles. The molecule has 0 spiro atoms. The van der Waals surface area contributed by atoms with E-state index in [-0.39, 0.29) is 30.2 Å². The van der Waals surface area contributed by atoms with Crippen molar-refractivity contribution in [2.45, 2.75) is 19.8 Å². The van der Waals surface area contributed by atoms with Gasteiger partial charge in [-0.15, -0.1) is 0 Å². The molecule has 0 saturated carbocycles. The van der Waals surface area contributed by atoms with E-state index in [4.69, 9.17) is 0 Å². The second kappa shape index (κ2) is 5.96. The van der Waals surface area contributed by atoms with Crippen LogP contribution in [0.25, 0.3) is 10.9 Å². The van der Waals surface area contributed by atoms with Crippen LogP contribution in [0.15, 0.2) is 29.1 Å². The third-order valence-corrected chi connectivity index (χ3v) is 2.63. The summed E-state index contributed by atoms with van der Waals surface area (Å²) in [5, 5.41) is 0.513. The van der Waals surface area contributed by atoms with Crippen LogP contribution in [0.3, 0.4) is 0 Å². The lowest BCUT2D eigenvalue weighted by Gasteiger charge is -2.05. The number of amides is 2. The van der Waals surface area contributed by atoms with E-state index in [0.717, 1.165) is 0 Å². The Kier molecular flexibility index (Phi) is 4.09. The first-order valence-corrected chi connectivity index (χ1v) is 6.09. The van der Waals surface area contributed by atoms with Gasteiger partial charge in [-0.2, -0.15) is 0 Å². The van der Waals surface area contributed by atoms with Crippen molar-refractivity contribution in [3.05, 3.63) is 40.4 Å². The summed E-state index contributed by atoms with van der Waals surface area (Å²) in [5.41, 5.74) is 4.80. The fourth-order valence-electron chi connectivity index (χ4n) is 1.71. The Morgan fingerprint density at radius 3 is 2.75 bits per heavy atom. The maximum Gasteiger partial charge on any atom is 0.258 e. The van der Waals surface area contributed by atoms with Gasteiger partial charge in [-0.3, -0.25) is 25.2 Å². The van der Waals surface area contributed by atoms with E-state index in [1.165, 1.54) is 6.92 Å². The second-order valence-corrected chi connectivity index (χ2v) is 4.26. The van der Waals surface area contributed by atoms with E-state index in [0.29, 0.717) is 16.7 Å². The number of hydrogen-bond donors (Lipinski definition) is 3. The lowest BCUT2D eigenvalue weighted by molar-refractivity contribution is -0.127. The van der Waals surface area contributed by atoms with E-state index >= 15 is 0 Å². The number of aromatic amines is 1. The first kappa shape index (κ1) is 13.7. The molecule has 0 aliphatic rings. The number of hydrogen-bond acceptors (Lipinski definition) is 4. The summed E-state index contributed by atoms with van der Waals surface area (Å²) in [7, 11) is 0. The Morgan fingerprint density at radius 1 is 1.25 bits per heavy atom. The Labute approximate surface area is 114 Å². The Balaban J connectivity index is 2.05. The highest BCUT2D eigenvalue weighted by Gasteiger charge is 2.06. The summed E-state index contributed by atoms with van der Waals surface area (Å²) < 4.78 is 0. The molecule has 2 amide bonds. The first-order valence-electron chi connectivity index (χ1n) is 6.09. The summed E-state index contributed by atoms with van der Waals surface area (Å²) in [5.74, 6) is -0.265. The maximum absolute atomic E-state index is 11.8. The summed E-state index contributed by atoms with van der Waals surface area (Å²) >= 11 is 0. The van der Waals surface area contributed by atoms with E-state index in [1.54, 1.807) is 24.3 Å². The number of hydrazine groups is 1. The van der Waals surface area contributed by atoms with Gasteiger partial charge in [0.2, 0.25) is 11.8 Å². The molecule has 7 heteroatoms. The van der Waals surface area contributed by atoms with Gasteiger partial charge in [0.25, 0.3) is 5.56 Å². The van der Waals surface area contributed by atoms with Gasteiger partial charge >= 0.3 is 0 Å². The van der Waals surface area contributed by atoms with Gasteiger partial charge in [-0.1, -0.05) is 12.1 Å². The van der Waals surface area contributed by atoms with Crippen LogP contribution in [-0.4, -0.2) is 21.8 Å². The molecule has 0 atom stereocenters. The second-order valence-electron chi connectivity index (χ2n) is 4.26. The van der Waals surface area contributed by atoms with Crippen LogP contribution in [-0.2, 0) is 16.0 Å². The van der Waals surface area contributed by atoms with Gasteiger partial charge in [-0.25, -0.2) is 4.98 Å². The van der Waals surface area contributed by atoms with E-state index in [9.17, 15) is 14.4 Å². The third-order valence-electron chi connectivity index (χ3n) is 2.63. The van der Waals surface area contributed by atoms with Gasteiger partial charge in [-0.05, 0) is 12.1 Å². The minimum atomic E-state index is -0.351. The van der Waals surface area contributed by atoms with E-state index in [1.807, 2.05) is 0 Å². The zero-order valence-electron chi connectivity index (χ0n) is 10.9. The van der Waals surface area contributed by atoms with Crippen molar-refractivity contribution in [3.63, 3.8) is 0 Å². The number of carbonyl (C=O) groups is 2. The van der Waals surface area contributed by atoms with Crippen molar-refractivity contribution < 1.29 is 9.59 Å². The predicted molar refractivity (Wildman–Crippen MR) is 72.6 cm³/mol. The number of rotatable bonds is 3. The fourth-order valence-corrected chi connectivity index (χ4v) is 1.71. The molecule has 0 aliphatic heterocycles. The smallest absolute Gasteiger partial charge is 0.258 e. The normalized spacial score (nSPS) is 10.2. The van der Waals surface area contributed by atoms with Gasteiger partial charge in [0.05, 0.1) is 10.9 Å². The molecular formula is C13H14N4O3. The van der Waals surface area contributed by atoms with Crippen molar-refractivity contribution in [1.29, 1.82) is 0 Å². The number of fused-ring (bicyclic) bond motifs is 1. The molecule has 1 aromatic heterocycles. The lowest BCUT2D eigenvalue weighted by atomic mass is 10.2. The predicted octanol–water partition coefficient (Wildman–Crippen LogP) is 0.0230. The SMILES string of the molecule is CC(=O)NNC(=O)CCc1nc2ccccc2c(=O)[nH]1. The summed E-state index contributed by atoms with van der Waals surface area (Å²) in [6.45, 7) is 1.29. The standard InChI is InChI=1S/C13H14N4O3/c1-8(18)16-17-12(19)7-6-11-14-10-5-3-2-4-9(10)13(20)15-11/h2-5H,6-7H2,1H3,(H,16,18)(H,17,19)(H,14,15,20). The van der Waals surface area contributed by atoms with Crippen molar-refractivity contribution >= 4 is 22.7 Å². The van der Waals surface area contributed by atoms with E-state index in [2.05, 4.69) is 20.8 Å².